The molecule has 1 aliphatic carbocycles. The minimum absolute atomic E-state index is 0.0217. The molecule has 36 heavy (non-hydrogen) atoms. The van der Waals surface area contributed by atoms with Crippen molar-refractivity contribution in [1.82, 2.24) is 0 Å². The molecule has 0 spiro atoms. The SMILES string of the molecule is CCCC(c1cccc(NS(=O)(=O)c2cccc(CO)c2)c1)c1c(O)c2c(oc1=O)CCCCCC2. The van der Waals surface area contributed by atoms with Crippen molar-refractivity contribution in [2.75, 3.05) is 4.72 Å². The first-order valence-corrected chi connectivity index (χ1v) is 14.0. The summed E-state index contributed by atoms with van der Waals surface area (Å²) >= 11 is 0. The van der Waals surface area contributed by atoms with Gasteiger partial charge in [0.05, 0.1) is 17.1 Å². The zero-order chi connectivity index (χ0) is 25.7. The number of aromatic hydroxyl groups is 1. The maximum Gasteiger partial charge on any atom is 0.343 e. The Kier molecular flexibility index (Phi) is 8.16. The summed E-state index contributed by atoms with van der Waals surface area (Å²) in [5.41, 5.74) is 2.00. The van der Waals surface area contributed by atoms with E-state index in [1.54, 1.807) is 30.3 Å². The molecule has 1 atom stereocenters. The molecule has 0 amide bonds. The average molecular weight is 512 g/mol. The van der Waals surface area contributed by atoms with Crippen LogP contribution in [0.3, 0.4) is 0 Å². The summed E-state index contributed by atoms with van der Waals surface area (Å²) in [6, 6.07) is 13.0. The molecule has 8 heteroatoms. The number of nitrogens with one attached hydrogen (secondary N) is 1. The first kappa shape index (κ1) is 26.0. The van der Waals surface area contributed by atoms with E-state index in [0.717, 1.165) is 43.2 Å². The van der Waals surface area contributed by atoms with Gasteiger partial charge in [0.1, 0.15) is 11.5 Å². The van der Waals surface area contributed by atoms with Crippen LogP contribution in [0, 0.1) is 0 Å². The molecule has 0 fully saturated rings. The molecule has 192 valence electrons. The summed E-state index contributed by atoms with van der Waals surface area (Å²) in [5.74, 6) is 0.167. The van der Waals surface area contributed by atoms with Crippen LogP contribution >= 0.6 is 0 Å². The highest BCUT2D eigenvalue weighted by molar-refractivity contribution is 7.92. The van der Waals surface area contributed by atoms with Gasteiger partial charge in [0, 0.05) is 23.6 Å². The fourth-order valence-corrected chi connectivity index (χ4v) is 6.06. The lowest BCUT2D eigenvalue weighted by Gasteiger charge is -2.21. The highest BCUT2D eigenvalue weighted by Gasteiger charge is 2.27. The number of anilines is 1. The van der Waals surface area contributed by atoms with Crippen molar-refractivity contribution < 1.29 is 23.0 Å². The molecule has 1 aliphatic rings. The lowest BCUT2D eigenvalue weighted by Crippen LogP contribution is -2.18. The molecule has 4 rings (SSSR count). The fourth-order valence-electron chi connectivity index (χ4n) is 4.94. The van der Waals surface area contributed by atoms with Crippen molar-refractivity contribution in [3.63, 3.8) is 0 Å². The van der Waals surface area contributed by atoms with Gasteiger partial charge in [-0.2, -0.15) is 0 Å². The first-order valence-electron chi connectivity index (χ1n) is 12.5. The van der Waals surface area contributed by atoms with E-state index < -0.39 is 21.6 Å². The number of hydrogen-bond acceptors (Lipinski definition) is 6. The molecule has 2 aromatic carbocycles. The maximum absolute atomic E-state index is 13.1. The predicted octanol–water partition coefficient (Wildman–Crippen LogP) is 5.23. The van der Waals surface area contributed by atoms with E-state index >= 15 is 0 Å². The van der Waals surface area contributed by atoms with E-state index in [2.05, 4.69) is 4.72 Å². The number of aliphatic hydroxyl groups is 1. The van der Waals surface area contributed by atoms with Crippen LogP contribution in [-0.4, -0.2) is 18.6 Å². The molecule has 0 bridgehead atoms. The Labute approximate surface area is 211 Å². The van der Waals surface area contributed by atoms with Crippen molar-refractivity contribution in [1.29, 1.82) is 0 Å². The molecule has 0 radical (unpaired) electrons. The van der Waals surface area contributed by atoms with Crippen LogP contribution in [0.2, 0.25) is 0 Å². The van der Waals surface area contributed by atoms with Gasteiger partial charge in [-0.15, -0.1) is 0 Å². The van der Waals surface area contributed by atoms with Crippen LogP contribution in [0.5, 0.6) is 5.75 Å². The Morgan fingerprint density at radius 2 is 1.78 bits per heavy atom. The van der Waals surface area contributed by atoms with E-state index in [1.165, 1.54) is 12.1 Å². The number of fused-ring (bicyclic) bond motifs is 1. The Bertz CT molecular complexity index is 1380. The minimum Gasteiger partial charge on any atom is -0.507 e. The predicted molar refractivity (Wildman–Crippen MR) is 139 cm³/mol. The fraction of sp³-hybridized carbons (Fsp3) is 0.393. The minimum atomic E-state index is -3.89. The Morgan fingerprint density at radius 1 is 1.03 bits per heavy atom. The van der Waals surface area contributed by atoms with Crippen molar-refractivity contribution >= 4 is 15.7 Å². The molecule has 0 saturated heterocycles. The van der Waals surface area contributed by atoms with E-state index in [9.17, 15) is 23.4 Å². The third-order valence-electron chi connectivity index (χ3n) is 6.75. The van der Waals surface area contributed by atoms with Crippen LogP contribution in [0.25, 0.3) is 0 Å². The lowest BCUT2D eigenvalue weighted by atomic mass is 9.85. The largest absolute Gasteiger partial charge is 0.507 e. The van der Waals surface area contributed by atoms with Crippen molar-refractivity contribution in [2.24, 2.45) is 0 Å². The van der Waals surface area contributed by atoms with Gasteiger partial charge >= 0.3 is 5.63 Å². The van der Waals surface area contributed by atoms with Crippen molar-refractivity contribution in [3.05, 3.63) is 87.0 Å². The molecule has 0 aliphatic heterocycles. The highest BCUT2D eigenvalue weighted by Crippen LogP contribution is 2.38. The first-order chi connectivity index (χ1) is 17.3. The van der Waals surface area contributed by atoms with Crippen LogP contribution < -0.4 is 10.3 Å². The van der Waals surface area contributed by atoms with Gasteiger partial charge in [-0.05, 0) is 61.1 Å². The van der Waals surface area contributed by atoms with E-state index in [1.807, 2.05) is 13.0 Å². The third-order valence-corrected chi connectivity index (χ3v) is 8.13. The third kappa shape index (κ3) is 5.65. The molecule has 3 aromatic rings. The molecule has 1 unspecified atom stereocenters. The molecule has 0 saturated carbocycles. The smallest absolute Gasteiger partial charge is 0.343 e. The maximum atomic E-state index is 13.1. The van der Waals surface area contributed by atoms with Crippen LogP contribution in [-0.2, 0) is 29.5 Å². The van der Waals surface area contributed by atoms with E-state index in [4.69, 9.17) is 4.42 Å². The van der Waals surface area contributed by atoms with Crippen molar-refractivity contribution in [3.8, 4) is 5.75 Å². The van der Waals surface area contributed by atoms with E-state index in [-0.39, 0.29) is 22.8 Å². The zero-order valence-corrected chi connectivity index (χ0v) is 21.3. The molecule has 7 nitrogen and oxygen atoms in total. The highest BCUT2D eigenvalue weighted by atomic mass is 32.2. The Balaban J connectivity index is 1.71. The molecule has 3 N–H and O–H groups in total. The molecule has 1 aromatic heterocycles. The number of benzene rings is 2. The quantitative estimate of drug-likeness (QED) is 0.381. The standard InChI is InChI=1S/C28H33NO6S/c1-2-9-23(26-27(31)24-14-5-3-4-6-15-25(24)35-28(26)32)20-11-8-12-21(17-20)29-36(33,34)22-13-7-10-19(16-22)18-30/h7-8,10-13,16-17,23,29-31H,2-6,9,14-15,18H2,1H3. The second-order valence-corrected chi connectivity index (χ2v) is 11.0. The van der Waals surface area contributed by atoms with Gasteiger partial charge in [0.25, 0.3) is 10.0 Å². The topological polar surface area (TPSA) is 117 Å². The summed E-state index contributed by atoms with van der Waals surface area (Å²) in [7, 11) is -3.89. The normalized spacial score (nSPS) is 14.9. The van der Waals surface area contributed by atoms with Gasteiger partial charge in [0.15, 0.2) is 0 Å². The van der Waals surface area contributed by atoms with Gasteiger partial charge in [-0.3, -0.25) is 4.72 Å². The number of hydrogen-bond donors (Lipinski definition) is 3. The van der Waals surface area contributed by atoms with Gasteiger partial charge < -0.3 is 14.6 Å². The van der Waals surface area contributed by atoms with Gasteiger partial charge in [-0.25, -0.2) is 13.2 Å². The molecular weight excluding hydrogens is 478 g/mol. The molecular formula is C28H33NO6S. The van der Waals surface area contributed by atoms with E-state index in [0.29, 0.717) is 36.3 Å². The lowest BCUT2D eigenvalue weighted by molar-refractivity contribution is 0.281. The zero-order valence-electron chi connectivity index (χ0n) is 20.5. The number of aryl methyl sites for hydroxylation is 1. The van der Waals surface area contributed by atoms with Crippen LogP contribution in [0.4, 0.5) is 5.69 Å². The monoisotopic (exact) mass is 511 g/mol. The van der Waals surface area contributed by atoms with Gasteiger partial charge in [0.2, 0.25) is 0 Å². The summed E-state index contributed by atoms with van der Waals surface area (Å²) in [6.45, 7) is 1.74. The van der Waals surface area contributed by atoms with Crippen LogP contribution in [0.1, 0.15) is 79.4 Å². The summed E-state index contributed by atoms with van der Waals surface area (Å²) in [5, 5.41) is 20.6. The average Bonchev–Trinajstić information content (AvgIpc) is 2.84. The van der Waals surface area contributed by atoms with Gasteiger partial charge in [-0.1, -0.05) is 50.5 Å². The molecule has 1 heterocycles. The number of rotatable bonds is 8. The second kappa shape index (κ2) is 11.3. The second-order valence-electron chi connectivity index (χ2n) is 9.35. The number of aliphatic hydroxyl groups excluding tert-OH is 1. The number of sulfonamides is 1. The summed E-state index contributed by atoms with van der Waals surface area (Å²) in [4.78, 5) is 13.1. The summed E-state index contributed by atoms with van der Waals surface area (Å²) < 4.78 is 34.3. The van der Waals surface area contributed by atoms with Crippen molar-refractivity contribution in [2.45, 2.75) is 75.7 Å². The van der Waals surface area contributed by atoms with Crippen LogP contribution in [0.15, 0.2) is 62.6 Å². The Morgan fingerprint density at radius 3 is 2.53 bits per heavy atom. The summed E-state index contributed by atoms with van der Waals surface area (Å²) in [6.07, 6.45) is 6.68. The Hall–Kier alpha value is -3.10.